The number of hydrogen-bond acceptors (Lipinski definition) is 1. The smallest absolute Gasteiger partial charge is 0.123 e. The Morgan fingerprint density at radius 1 is 0.944 bits per heavy atom. The van der Waals surface area contributed by atoms with Crippen molar-refractivity contribution in [3.63, 3.8) is 0 Å². The molecule has 0 N–H and O–H groups in total. The summed E-state index contributed by atoms with van der Waals surface area (Å²) in [5.41, 5.74) is 3.10. The maximum Gasteiger partial charge on any atom is 0.123 e. The Hall–Kier alpha value is -1.96. The van der Waals surface area contributed by atoms with Crippen molar-refractivity contribution in [2.24, 2.45) is 4.99 Å². The first kappa shape index (κ1) is 12.5. The van der Waals surface area contributed by atoms with Crippen molar-refractivity contribution in [3.8, 4) is 0 Å². The molecule has 0 unspecified atom stereocenters. The molecular weight excluding hydrogens is 225 g/mol. The minimum atomic E-state index is -0.228. The lowest BCUT2D eigenvalue weighted by atomic mass is 10.0. The van der Waals surface area contributed by atoms with Crippen LogP contribution >= 0.6 is 0 Å². The molecule has 0 saturated carbocycles. The van der Waals surface area contributed by atoms with Gasteiger partial charge in [-0.1, -0.05) is 38.1 Å². The number of benzene rings is 2. The fourth-order valence-corrected chi connectivity index (χ4v) is 1.64. The summed E-state index contributed by atoms with van der Waals surface area (Å²) in [6, 6.07) is 14.4. The van der Waals surface area contributed by atoms with Gasteiger partial charge in [-0.25, -0.2) is 4.39 Å². The molecular formula is C16H16FN. The zero-order chi connectivity index (χ0) is 13.0. The van der Waals surface area contributed by atoms with Crippen molar-refractivity contribution < 1.29 is 4.39 Å². The molecule has 0 spiro atoms. The normalized spacial score (nSPS) is 11.3. The molecule has 0 aliphatic carbocycles. The van der Waals surface area contributed by atoms with Gasteiger partial charge in [-0.15, -0.1) is 0 Å². The van der Waals surface area contributed by atoms with E-state index in [1.165, 1.54) is 17.7 Å². The zero-order valence-corrected chi connectivity index (χ0v) is 10.6. The quantitative estimate of drug-likeness (QED) is 0.691. The molecule has 0 atom stereocenters. The van der Waals surface area contributed by atoms with E-state index in [9.17, 15) is 4.39 Å². The van der Waals surface area contributed by atoms with E-state index in [1.54, 1.807) is 18.3 Å². The monoisotopic (exact) mass is 241 g/mol. The Kier molecular flexibility index (Phi) is 3.88. The summed E-state index contributed by atoms with van der Waals surface area (Å²) in [5, 5.41) is 0. The van der Waals surface area contributed by atoms with Crippen LogP contribution in [0, 0.1) is 5.82 Å². The summed E-state index contributed by atoms with van der Waals surface area (Å²) in [5.74, 6) is 0.300. The molecule has 2 rings (SSSR count). The van der Waals surface area contributed by atoms with Crippen molar-refractivity contribution in [2.75, 3.05) is 0 Å². The predicted molar refractivity (Wildman–Crippen MR) is 74.2 cm³/mol. The first-order chi connectivity index (χ1) is 8.65. The number of hydrogen-bond donors (Lipinski definition) is 0. The molecule has 0 amide bonds. The van der Waals surface area contributed by atoms with Crippen molar-refractivity contribution >= 4 is 11.9 Å². The highest BCUT2D eigenvalue weighted by atomic mass is 19.1. The van der Waals surface area contributed by atoms with Crippen molar-refractivity contribution in [3.05, 3.63) is 65.5 Å². The SMILES string of the molecule is CC(C)c1ccc(N=Cc2ccc(F)cc2)cc1. The second-order valence-corrected chi connectivity index (χ2v) is 4.56. The highest BCUT2D eigenvalue weighted by Crippen LogP contribution is 2.18. The van der Waals surface area contributed by atoms with Crippen LogP contribution < -0.4 is 0 Å². The molecule has 0 aliphatic heterocycles. The van der Waals surface area contributed by atoms with Gasteiger partial charge in [-0.05, 0) is 41.3 Å². The summed E-state index contributed by atoms with van der Waals surface area (Å²) in [6.45, 7) is 4.33. The van der Waals surface area contributed by atoms with E-state index in [-0.39, 0.29) is 5.82 Å². The molecule has 92 valence electrons. The number of aliphatic imine (C=N–C) groups is 1. The van der Waals surface area contributed by atoms with Gasteiger partial charge in [0.25, 0.3) is 0 Å². The molecule has 0 aromatic heterocycles. The lowest BCUT2D eigenvalue weighted by molar-refractivity contribution is 0.628. The average molecular weight is 241 g/mol. The lowest BCUT2D eigenvalue weighted by Crippen LogP contribution is -1.85. The van der Waals surface area contributed by atoms with Crippen LogP contribution in [-0.4, -0.2) is 6.21 Å². The van der Waals surface area contributed by atoms with Crippen LogP contribution in [0.1, 0.15) is 30.9 Å². The minimum absolute atomic E-state index is 0.228. The molecule has 0 bridgehead atoms. The second-order valence-electron chi connectivity index (χ2n) is 4.56. The molecule has 0 saturated heterocycles. The van der Waals surface area contributed by atoms with Gasteiger partial charge in [0.1, 0.15) is 5.82 Å². The highest BCUT2D eigenvalue weighted by Gasteiger charge is 1.97. The van der Waals surface area contributed by atoms with Crippen LogP contribution in [0.15, 0.2) is 53.5 Å². The van der Waals surface area contributed by atoms with E-state index >= 15 is 0 Å². The lowest BCUT2D eigenvalue weighted by Gasteiger charge is -2.04. The van der Waals surface area contributed by atoms with Crippen molar-refractivity contribution in [1.29, 1.82) is 0 Å². The van der Waals surface area contributed by atoms with Crippen LogP contribution in [0.2, 0.25) is 0 Å². The number of halogens is 1. The molecule has 2 heteroatoms. The third-order valence-corrected chi connectivity index (χ3v) is 2.79. The van der Waals surface area contributed by atoms with Crippen LogP contribution in [0.4, 0.5) is 10.1 Å². The van der Waals surface area contributed by atoms with Gasteiger partial charge in [0.05, 0.1) is 5.69 Å². The van der Waals surface area contributed by atoms with Crippen LogP contribution in [0.25, 0.3) is 0 Å². The Morgan fingerprint density at radius 3 is 2.11 bits per heavy atom. The Labute approximate surface area is 107 Å². The van der Waals surface area contributed by atoms with Gasteiger partial charge in [0, 0.05) is 6.21 Å². The zero-order valence-electron chi connectivity index (χ0n) is 10.6. The van der Waals surface area contributed by atoms with Gasteiger partial charge >= 0.3 is 0 Å². The van der Waals surface area contributed by atoms with E-state index < -0.39 is 0 Å². The maximum absolute atomic E-state index is 12.7. The Morgan fingerprint density at radius 2 is 1.56 bits per heavy atom. The van der Waals surface area contributed by atoms with Gasteiger partial charge in [0.15, 0.2) is 0 Å². The van der Waals surface area contributed by atoms with Gasteiger partial charge in [-0.3, -0.25) is 4.99 Å². The van der Waals surface area contributed by atoms with Crippen LogP contribution in [-0.2, 0) is 0 Å². The fraction of sp³-hybridized carbons (Fsp3) is 0.188. The molecule has 2 aromatic rings. The van der Waals surface area contributed by atoms with E-state index in [4.69, 9.17) is 0 Å². The Bertz CT molecular complexity index is 524. The average Bonchev–Trinajstić information content (AvgIpc) is 2.38. The molecule has 0 radical (unpaired) electrons. The summed E-state index contributed by atoms with van der Waals surface area (Å²) >= 11 is 0. The molecule has 0 heterocycles. The van der Waals surface area contributed by atoms with Crippen LogP contribution in [0.5, 0.6) is 0 Å². The molecule has 18 heavy (non-hydrogen) atoms. The van der Waals surface area contributed by atoms with E-state index in [0.717, 1.165) is 11.3 Å². The van der Waals surface area contributed by atoms with Crippen LogP contribution in [0.3, 0.4) is 0 Å². The summed E-state index contributed by atoms with van der Waals surface area (Å²) < 4.78 is 12.7. The maximum atomic E-state index is 12.7. The van der Waals surface area contributed by atoms with Crippen molar-refractivity contribution in [1.82, 2.24) is 0 Å². The number of nitrogens with zero attached hydrogens (tertiary/aromatic N) is 1. The van der Waals surface area contributed by atoms with Gasteiger partial charge in [0.2, 0.25) is 0 Å². The molecule has 2 aromatic carbocycles. The van der Waals surface area contributed by atoms with Gasteiger partial charge < -0.3 is 0 Å². The summed E-state index contributed by atoms with van der Waals surface area (Å²) in [6.07, 6.45) is 1.74. The summed E-state index contributed by atoms with van der Waals surface area (Å²) in [4.78, 5) is 4.36. The minimum Gasteiger partial charge on any atom is -0.256 e. The second kappa shape index (κ2) is 5.58. The van der Waals surface area contributed by atoms with E-state index in [0.29, 0.717) is 5.92 Å². The first-order valence-corrected chi connectivity index (χ1v) is 6.05. The third-order valence-electron chi connectivity index (χ3n) is 2.79. The predicted octanol–water partition coefficient (Wildman–Crippen LogP) is 4.70. The van der Waals surface area contributed by atoms with E-state index in [1.807, 2.05) is 12.1 Å². The van der Waals surface area contributed by atoms with Crippen molar-refractivity contribution in [2.45, 2.75) is 19.8 Å². The molecule has 0 aliphatic rings. The fourth-order valence-electron chi connectivity index (χ4n) is 1.64. The highest BCUT2D eigenvalue weighted by molar-refractivity contribution is 5.81. The molecule has 0 fully saturated rings. The van der Waals surface area contributed by atoms with Gasteiger partial charge in [-0.2, -0.15) is 0 Å². The first-order valence-electron chi connectivity index (χ1n) is 6.05. The third kappa shape index (κ3) is 3.27. The largest absolute Gasteiger partial charge is 0.256 e. The van der Waals surface area contributed by atoms with E-state index in [2.05, 4.69) is 31.0 Å². The number of rotatable bonds is 3. The standard InChI is InChI=1S/C16H16FN/c1-12(2)14-5-9-16(10-6-14)18-11-13-3-7-15(17)8-4-13/h3-12H,1-2H3. The summed E-state index contributed by atoms with van der Waals surface area (Å²) in [7, 11) is 0. The topological polar surface area (TPSA) is 12.4 Å². The Balaban J connectivity index is 2.11. The molecule has 1 nitrogen and oxygen atoms in total.